The molecule has 2 aromatic rings. The quantitative estimate of drug-likeness (QED) is 0.845. The summed E-state index contributed by atoms with van der Waals surface area (Å²) in [7, 11) is 0. The van der Waals surface area contributed by atoms with Crippen molar-refractivity contribution in [2.24, 2.45) is 0 Å². The summed E-state index contributed by atoms with van der Waals surface area (Å²) in [5.41, 5.74) is 0.938. The summed E-state index contributed by atoms with van der Waals surface area (Å²) in [5, 5.41) is 2.33. The van der Waals surface area contributed by atoms with Crippen molar-refractivity contribution in [1.29, 1.82) is 0 Å². The van der Waals surface area contributed by atoms with Crippen LogP contribution in [0.25, 0.3) is 0 Å². The first-order chi connectivity index (χ1) is 8.27. The fraction of sp³-hybridized carbons (Fsp3) is 0. The van der Waals surface area contributed by atoms with Gasteiger partial charge >= 0.3 is 0 Å². The first-order valence-electron chi connectivity index (χ1n) is 5.23. The number of carbonyl (C=O) groups is 2. The fourth-order valence-corrected chi connectivity index (χ4v) is 1.43. The molecule has 0 saturated carbocycles. The minimum Gasteiger partial charge on any atom is -0.288 e. The summed E-state index contributed by atoms with van der Waals surface area (Å²) < 4.78 is 0. The van der Waals surface area contributed by atoms with Crippen LogP contribution in [-0.4, -0.2) is 11.8 Å². The third kappa shape index (κ3) is 3.43. The van der Waals surface area contributed by atoms with Crippen LogP contribution in [0.3, 0.4) is 0 Å². The van der Waals surface area contributed by atoms with Crippen LogP contribution in [-0.2, 0) is 0 Å². The Morgan fingerprint density at radius 3 is 1.33 bits per heavy atom. The second-order valence-corrected chi connectivity index (χ2v) is 3.52. The highest BCUT2D eigenvalue weighted by molar-refractivity contribution is 6.10. The highest BCUT2D eigenvalue weighted by atomic mass is 35.5. The monoisotopic (exact) mass is 261 g/mol. The number of imide groups is 1. The minimum atomic E-state index is -0.389. The van der Waals surface area contributed by atoms with E-state index in [1.807, 2.05) is 12.1 Å². The Bertz CT molecular complexity index is 477. The van der Waals surface area contributed by atoms with Crippen LogP contribution in [0.15, 0.2) is 60.7 Å². The number of benzene rings is 2. The first-order valence-corrected chi connectivity index (χ1v) is 5.23. The highest BCUT2D eigenvalue weighted by Gasteiger charge is 2.10. The van der Waals surface area contributed by atoms with Gasteiger partial charge in [0.25, 0.3) is 11.8 Å². The molecule has 92 valence electrons. The Kier molecular flexibility index (Phi) is 5.08. The van der Waals surface area contributed by atoms with Gasteiger partial charge in [-0.25, -0.2) is 0 Å². The molecule has 0 radical (unpaired) electrons. The average molecular weight is 262 g/mol. The molecule has 2 rings (SSSR count). The average Bonchev–Trinajstić information content (AvgIpc) is 2.40. The third-order valence-corrected chi connectivity index (χ3v) is 2.30. The van der Waals surface area contributed by atoms with Gasteiger partial charge < -0.3 is 0 Å². The lowest BCUT2D eigenvalue weighted by molar-refractivity contribution is 0.0849. The van der Waals surface area contributed by atoms with E-state index in [-0.39, 0.29) is 24.2 Å². The second kappa shape index (κ2) is 6.57. The number of halogens is 1. The first kappa shape index (κ1) is 13.9. The molecule has 4 heteroatoms. The molecule has 0 aliphatic carbocycles. The zero-order valence-corrected chi connectivity index (χ0v) is 10.3. The van der Waals surface area contributed by atoms with Gasteiger partial charge in [-0.3, -0.25) is 14.9 Å². The lowest BCUT2D eigenvalue weighted by Crippen LogP contribution is -2.30. The van der Waals surface area contributed by atoms with Crippen LogP contribution in [0, 0.1) is 0 Å². The summed E-state index contributed by atoms with van der Waals surface area (Å²) in [4.78, 5) is 23.4. The molecule has 0 aliphatic rings. The van der Waals surface area contributed by atoms with Gasteiger partial charge in [0.1, 0.15) is 0 Å². The molecule has 0 aliphatic heterocycles. The number of hydrogen-bond acceptors (Lipinski definition) is 2. The van der Waals surface area contributed by atoms with E-state index in [0.29, 0.717) is 11.1 Å². The number of hydrogen-bond donors (Lipinski definition) is 1. The van der Waals surface area contributed by atoms with Crippen LogP contribution in [0.4, 0.5) is 0 Å². The molecule has 0 bridgehead atoms. The van der Waals surface area contributed by atoms with E-state index in [1.165, 1.54) is 0 Å². The van der Waals surface area contributed by atoms with E-state index in [2.05, 4.69) is 5.32 Å². The molecule has 18 heavy (non-hydrogen) atoms. The Labute approximate surface area is 111 Å². The molecule has 1 N–H and O–H groups in total. The van der Waals surface area contributed by atoms with Crippen molar-refractivity contribution < 1.29 is 9.59 Å². The zero-order valence-electron chi connectivity index (χ0n) is 9.50. The lowest BCUT2D eigenvalue weighted by atomic mass is 10.2. The predicted octanol–water partition coefficient (Wildman–Crippen LogP) is 2.68. The van der Waals surface area contributed by atoms with Gasteiger partial charge in [-0.1, -0.05) is 36.4 Å². The summed E-state index contributed by atoms with van der Waals surface area (Å²) in [6.45, 7) is 0. The van der Waals surface area contributed by atoms with Gasteiger partial charge in [-0.2, -0.15) is 0 Å². The standard InChI is InChI=1S/C14H11NO2.ClH/c16-13(11-7-3-1-4-8-11)15-14(17)12-9-5-2-6-10-12;/h1-10H,(H,15,16,17);1H. The molecule has 2 amide bonds. The molecular formula is C14H12ClNO2. The van der Waals surface area contributed by atoms with Crippen molar-refractivity contribution in [3.8, 4) is 0 Å². The molecule has 0 aromatic heterocycles. The van der Waals surface area contributed by atoms with Gasteiger partial charge in [0.2, 0.25) is 0 Å². The van der Waals surface area contributed by atoms with Gasteiger partial charge in [0.15, 0.2) is 0 Å². The number of nitrogens with one attached hydrogen (secondary N) is 1. The Morgan fingerprint density at radius 1 is 0.667 bits per heavy atom. The molecule has 0 heterocycles. The minimum absolute atomic E-state index is 0. The van der Waals surface area contributed by atoms with Crippen molar-refractivity contribution in [1.82, 2.24) is 5.32 Å². The number of carbonyl (C=O) groups excluding carboxylic acids is 2. The number of amides is 2. The van der Waals surface area contributed by atoms with Gasteiger partial charge in [-0.05, 0) is 24.3 Å². The van der Waals surface area contributed by atoms with Gasteiger partial charge in [0.05, 0.1) is 0 Å². The lowest BCUT2D eigenvalue weighted by Gasteiger charge is -2.03. The second-order valence-electron chi connectivity index (χ2n) is 3.52. The maximum atomic E-state index is 11.7. The fourth-order valence-electron chi connectivity index (χ4n) is 1.43. The zero-order chi connectivity index (χ0) is 12.1. The van der Waals surface area contributed by atoms with Crippen molar-refractivity contribution in [3.63, 3.8) is 0 Å². The maximum absolute atomic E-state index is 11.7. The van der Waals surface area contributed by atoms with Crippen LogP contribution in [0.5, 0.6) is 0 Å². The smallest absolute Gasteiger partial charge is 0.258 e. The highest BCUT2D eigenvalue weighted by Crippen LogP contribution is 2.01. The van der Waals surface area contributed by atoms with Crippen LogP contribution in [0.2, 0.25) is 0 Å². The van der Waals surface area contributed by atoms with Crippen molar-refractivity contribution >= 4 is 24.2 Å². The van der Waals surface area contributed by atoms with Crippen LogP contribution >= 0.6 is 12.4 Å². The molecule has 0 atom stereocenters. The molecule has 0 unspecified atom stereocenters. The molecule has 3 nitrogen and oxygen atoms in total. The van der Waals surface area contributed by atoms with E-state index in [0.717, 1.165) is 0 Å². The van der Waals surface area contributed by atoms with Gasteiger partial charge in [-0.15, -0.1) is 12.4 Å². The number of rotatable bonds is 2. The van der Waals surface area contributed by atoms with Crippen molar-refractivity contribution in [3.05, 3.63) is 71.8 Å². The predicted molar refractivity (Wildman–Crippen MR) is 71.9 cm³/mol. The maximum Gasteiger partial charge on any atom is 0.258 e. The van der Waals surface area contributed by atoms with Gasteiger partial charge in [0, 0.05) is 11.1 Å². The van der Waals surface area contributed by atoms with E-state index in [1.54, 1.807) is 48.5 Å². The van der Waals surface area contributed by atoms with Crippen molar-refractivity contribution in [2.45, 2.75) is 0 Å². The Balaban J connectivity index is 0.00000162. The van der Waals surface area contributed by atoms with E-state index in [9.17, 15) is 9.59 Å². The summed E-state index contributed by atoms with van der Waals surface area (Å²) in [6, 6.07) is 17.3. The molecule has 2 aromatic carbocycles. The summed E-state index contributed by atoms with van der Waals surface area (Å²) in [5.74, 6) is -0.779. The largest absolute Gasteiger partial charge is 0.288 e. The Hall–Kier alpha value is -2.13. The van der Waals surface area contributed by atoms with Crippen molar-refractivity contribution in [2.75, 3.05) is 0 Å². The molecule has 0 saturated heterocycles. The summed E-state index contributed by atoms with van der Waals surface area (Å²) >= 11 is 0. The topological polar surface area (TPSA) is 46.2 Å². The van der Waals surface area contributed by atoms with Crippen LogP contribution in [0.1, 0.15) is 20.7 Å². The molecular weight excluding hydrogens is 250 g/mol. The van der Waals surface area contributed by atoms with E-state index < -0.39 is 0 Å². The third-order valence-electron chi connectivity index (χ3n) is 2.30. The summed E-state index contributed by atoms with van der Waals surface area (Å²) in [6.07, 6.45) is 0. The SMILES string of the molecule is Cl.O=C(NC(=O)c1ccccc1)c1ccccc1. The van der Waals surface area contributed by atoms with E-state index in [4.69, 9.17) is 0 Å². The van der Waals surface area contributed by atoms with Crippen LogP contribution < -0.4 is 5.32 Å². The van der Waals surface area contributed by atoms with E-state index >= 15 is 0 Å². The molecule has 0 fully saturated rings. The Morgan fingerprint density at radius 2 is 1.00 bits per heavy atom. The molecule has 0 spiro atoms. The normalized spacial score (nSPS) is 9.11.